The monoisotopic (exact) mass is 602 g/mol. The van der Waals surface area contributed by atoms with E-state index in [1.54, 1.807) is 7.11 Å². The van der Waals surface area contributed by atoms with E-state index in [1.807, 2.05) is 91.0 Å². The summed E-state index contributed by atoms with van der Waals surface area (Å²) in [7, 11) is 2.87. The summed E-state index contributed by atoms with van der Waals surface area (Å²) in [5.74, 6) is -0.340. The van der Waals surface area contributed by atoms with Crippen LogP contribution in [0.3, 0.4) is 0 Å². The molecule has 0 unspecified atom stereocenters. The standard InChI is InChI=1S/C35H42N2O7/c1-4-5-21-43-32-23-27(18-19-31(32)41-2)17-12-20-36-29(24-33(38)44-25-28-15-10-7-11-16-28)34(39)37-30(35(40)42-3)22-26-13-8-6-9-14-26/h6-19,23,29-30,36H,4-5,20-22,24-25H2,1-3H3,(H,37,39)/b17-12+/t29-,30-/m1/s1. The highest BCUT2D eigenvalue weighted by Gasteiger charge is 2.28. The molecule has 0 saturated heterocycles. The van der Waals surface area contributed by atoms with Crippen molar-refractivity contribution in [2.45, 2.75) is 51.3 Å². The molecule has 234 valence electrons. The number of rotatable bonds is 18. The zero-order chi connectivity index (χ0) is 31.6. The van der Waals surface area contributed by atoms with Crippen LogP contribution in [0.5, 0.6) is 11.5 Å². The van der Waals surface area contributed by atoms with Gasteiger partial charge in [-0.05, 0) is 35.2 Å². The molecule has 0 saturated carbocycles. The van der Waals surface area contributed by atoms with E-state index in [-0.39, 0.29) is 26.0 Å². The van der Waals surface area contributed by atoms with Crippen molar-refractivity contribution in [3.63, 3.8) is 0 Å². The van der Waals surface area contributed by atoms with Gasteiger partial charge in [0.2, 0.25) is 5.91 Å². The van der Waals surface area contributed by atoms with Gasteiger partial charge in [0, 0.05) is 13.0 Å². The summed E-state index contributed by atoms with van der Waals surface area (Å²) in [6.07, 6.45) is 5.69. The van der Waals surface area contributed by atoms with Crippen molar-refractivity contribution in [3.8, 4) is 11.5 Å². The van der Waals surface area contributed by atoms with Gasteiger partial charge in [-0.3, -0.25) is 9.59 Å². The molecule has 3 aromatic carbocycles. The molecule has 0 aliphatic rings. The Bertz CT molecular complexity index is 1350. The Morgan fingerprint density at radius 1 is 0.864 bits per heavy atom. The highest BCUT2D eigenvalue weighted by Crippen LogP contribution is 2.28. The molecule has 9 nitrogen and oxygen atoms in total. The van der Waals surface area contributed by atoms with Crippen LogP contribution >= 0.6 is 0 Å². The third-order valence-corrected chi connectivity index (χ3v) is 6.75. The molecule has 0 radical (unpaired) electrons. The fourth-order valence-electron chi connectivity index (χ4n) is 4.32. The maximum Gasteiger partial charge on any atom is 0.328 e. The van der Waals surface area contributed by atoms with Crippen LogP contribution in [0, 0.1) is 0 Å². The van der Waals surface area contributed by atoms with Gasteiger partial charge in [-0.25, -0.2) is 4.79 Å². The van der Waals surface area contributed by atoms with E-state index in [1.165, 1.54) is 7.11 Å². The summed E-state index contributed by atoms with van der Waals surface area (Å²) in [4.78, 5) is 38.8. The number of hydrogen-bond acceptors (Lipinski definition) is 8. The fraction of sp³-hybridized carbons (Fsp3) is 0.343. The number of carbonyl (C=O) groups excluding carboxylic acids is 3. The van der Waals surface area contributed by atoms with Crippen molar-refractivity contribution in [3.05, 3.63) is 102 Å². The second kappa shape index (κ2) is 18.8. The van der Waals surface area contributed by atoms with Gasteiger partial charge in [-0.15, -0.1) is 0 Å². The van der Waals surface area contributed by atoms with Crippen molar-refractivity contribution in [1.82, 2.24) is 10.6 Å². The predicted octanol–water partition coefficient (Wildman–Crippen LogP) is 4.88. The minimum absolute atomic E-state index is 0.0901. The SMILES string of the molecule is CCCCOc1cc(/C=C/CN[C@H](CC(=O)OCc2ccccc2)C(=O)N[C@H](Cc2ccccc2)C(=O)OC)ccc1OC. The number of carbonyl (C=O) groups is 3. The lowest BCUT2D eigenvalue weighted by Crippen LogP contribution is -2.52. The first-order valence-corrected chi connectivity index (χ1v) is 14.8. The van der Waals surface area contributed by atoms with Gasteiger partial charge in [0.05, 0.1) is 33.3 Å². The molecular formula is C35H42N2O7. The molecule has 44 heavy (non-hydrogen) atoms. The van der Waals surface area contributed by atoms with Crippen LogP contribution in [-0.2, 0) is 36.9 Å². The van der Waals surface area contributed by atoms with E-state index in [4.69, 9.17) is 18.9 Å². The maximum atomic E-state index is 13.4. The van der Waals surface area contributed by atoms with E-state index >= 15 is 0 Å². The van der Waals surface area contributed by atoms with E-state index in [9.17, 15) is 14.4 Å². The van der Waals surface area contributed by atoms with Gasteiger partial charge in [0.1, 0.15) is 12.6 Å². The third-order valence-electron chi connectivity index (χ3n) is 6.75. The Hall–Kier alpha value is -4.63. The first-order chi connectivity index (χ1) is 21.4. The minimum Gasteiger partial charge on any atom is -0.493 e. The number of esters is 2. The van der Waals surface area contributed by atoms with Crippen molar-refractivity contribution in [1.29, 1.82) is 0 Å². The second-order valence-electron chi connectivity index (χ2n) is 10.1. The van der Waals surface area contributed by atoms with E-state index in [0.717, 1.165) is 29.5 Å². The molecule has 0 aliphatic carbocycles. The van der Waals surface area contributed by atoms with Gasteiger partial charge < -0.3 is 29.6 Å². The van der Waals surface area contributed by atoms with E-state index in [2.05, 4.69) is 17.6 Å². The maximum absolute atomic E-state index is 13.4. The number of unbranched alkanes of at least 4 members (excludes halogenated alkanes) is 1. The number of nitrogens with one attached hydrogen (secondary N) is 2. The normalized spacial score (nSPS) is 12.2. The predicted molar refractivity (Wildman–Crippen MR) is 169 cm³/mol. The van der Waals surface area contributed by atoms with Gasteiger partial charge in [-0.2, -0.15) is 0 Å². The Kier molecular flexibility index (Phi) is 14.5. The molecule has 0 aromatic heterocycles. The van der Waals surface area contributed by atoms with Crippen LogP contribution in [0.25, 0.3) is 6.08 Å². The fourth-order valence-corrected chi connectivity index (χ4v) is 4.32. The molecule has 1 amide bonds. The van der Waals surface area contributed by atoms with Crippen molar-refractivity contribution < 1.29 is 33.3 Å². The molecule has 0 heterocycles. The van der Waals surface area contributed by atoms with Gasteiger partial charge in [-0.1, -0.05) is 92.2 Å². The second-order valence-corrected chi connectivity index (χ2v) is 10.1. The molecule has 0 aliphatic heterocycles. The Morgan fingerprint density at radius 3 is 2.23 bits per heavy atom. The van der Waals surface area contributed by atoms with Crippen LogP contribution in [0.2, 0.25) is 0 Å². The molecule has 3 rings (SSSR count). The van der Waals surface area contributed by atoms with Crippen LogP contribution in [0.4, 0.5) is 0 Å². The summed E-state index contributed by atoms with van der Waals surface area (Å²) in [6, 6.07) is 22.3. The van der Waals surface area contributed by atoms with Crippen LogP contribution < -0.4 is 20.1 Å². The largest absolute Gasteiger partial charge is 0.493 e. The Balaban J connectivity index is 1.69. The van der Waals surface area contributed by atoms with Crippen molar-refractivity contribution in [2.24, 2.45) is 0 Å². The first-order valence-electron chi connectivity index (χ1n) is 14.8. The molecule has 2 atom stereocenters. The molecule has 0 spiro atoms. The van der Waals surface area contributed by atoms with Gasteiger partial charge >= 0.3 is 11.9 Å². The van der Waals surface area contributed by atoms with Gasteiger partial charge in [0.25, 0.3) is 0 Å². The average molecular weight is 603 g/mol. The highest BCUT2D eigenvalue weighted by atomic mass is 16.5. The lowest BCUT2D eigenvalue weighted by molar-refractivity contribution is -0.148. The molecule has 0 fully saturated rings. The van der Waals surface area contributed by atoms with Crippen molar-refractivity contribution in [2.75, 3.05) is 27.4 Å². The number of benzene rings is 3. The number of hydrogen-bond donors (Lipinski definition) is 2. The third kappa shape index (κ3) is 11.6. The van der Waals surface area contributed by atoms with Crippen LogP contribution in [0.1, 0.15) is 42.9 Å². The van der Waals surface area contributed by atoms with Crippen LogP contribution in [0.15, 0.2) is 84.9 Å². The summed E-state index contributed by atoms with van der Waals surface area (Å²) in [6.45, 7) is 3.05. The highest BCUT2D eigenvalue weighted by molar-refractivity contribution is 5.90. The van der Waals surface area contributed by atoms with E-state index in [0.29, 0.717) is 18.1 Å². The number of amides is 1. The zero-order valence-electron chi connectivity index (χ0n) is 25.6. The molecule has 2 N–H and O–H groups in total. The Labute approximate surface area is 259 Å². The summed E-state index contributed by atoms with van der Waals surface area (Å²) < 4.78 is 21.7. The quantitative estimate of drug-likeness (QED) is 0.157. The first kappa shape index (κ1) is 33.9. The Morgan fingerprint density at radius 2 is 1.57 bits per heavy atom. The molecule has 3 aromatic rings. The molecular weight excluding hydrogens is 560 g/mol. The smallest absolute Gasteiger partial charge is 0.328 e. The molecule has 9 heteroatoms. The van der Waals surface area contributed by atoms with Gasteiger partial charge in [0.15, 0.2) is 11.5 Å². The number of ether oxygens (including phenoxy) is 4. The zero-order valence-corrected chi connectivity index (χ0v) is 25.6. The minimum atomic E-state index is -0.963. The summed E-state index contributed by atoms with van der Waals surface area (Å²) >= 11 is 0. The molecule has 0 bridgehead atoms. The lowest BCUT2D eigenvalue weighted by atomic mass is 10.0. The van der Waals surface area contributed by atoms with Crippen molar-refractivity contribution >= 4 is 23.9 Å². The number of methoxy groups -OCH3 is 2. The lowest BCUT2D eigenvalue weighted by Gasteiger charge is -2.22. The summed E-state index contributed by atoms with van der Waals surface area (Å²) in [5.41, 5.74) is 2.58. The van der Waals surface area contributed by atoms with Crippen LogP contribution in [-0.4, -0.2) is 57.3 Å². The topological polar surface area (TPSA) is 112 Å². The van der Waals surface area contributed by atoms with E-state index < -0.39 is 29.9 Å². The summed E-state index contributed by atoms with van der Waals surface area (Å²) in [5, 5.41) is 5.88. The average Bonchev–Trinajstić information content (AvgIpc) is 3.05.